The van der Waals surface area contributed by atoms with Crippen LogP contribution in [0.25, 0.3) is 6.08 Å². The van der Waals surface area contributed by atoms with Crippen LogP contribution in [0.1, 0.15) is 32.6 Å². The number of hydrogen-bond acceptors (Lipinski definition) is 5. The van der Waals surface area contributed by atoms with Gasteiger partial charge < -0.3 is 14.2 Å². The number of rotatable bonds is 4. The number of nitrogens with zero attached hydrogens (tertiary/aromatic N) is 1. The smallest absolute Gasteiger partial charge is 0.231 e. The van der Waals surface area contributed by atoms with Gasteiger partial charge in [-0.3, -0.25) is 9.69 Å². The third kappa shape index (κ3) is 4.20. The number of carbonyl (C=O) groups is 1. The number of ether oxygens (including phenoxy) is 3. The molecule has 0 atom stereocenters. The fraction of sp³-hybridized carbons (Fsp3) is 0.192. The van der Waals surface area contributed by atoms with Crippen LogP contribution in [0.2, 0.25) is 10.0 Å². The van der Waals surface area contributed by atoms with Crippen molar-refractivity contribution >= 4 is 35.1 Å². The van der Waals surface area contributed by atoms with Crippen molar-refractivity contribution < 1.29 is 19.0 Å². The summed E-state index contributed by atoms with van der Waals surface area (Å²) in [5.41, 5.74) is 4.26. The Morgan fingerprint density at radius 1 is 1.06 bits per heavy atom. The normalized spacial score (nSPS) is 16.2. The zero-order valence-electron chi connectivity index (χ0n) is 18.2. The summed E-state index contributed by atoms with van der Waals surface area (Å²) in [5.74, 6) is 2.26. The van der Waals surface area contributed by atoms with Crippen molar-refractivity contribution in [2.45, 2.75) is 20.0 Å². The molecule has 0 spiro atoms. The van der Waals surface area contributed by atoms with E-state index in [-0.39, 0.29) is 5.78 Å². The monoisotopic (exact) mass is 481 g/mol. The number of halogens is 2. The number of ketones is 1. The molecule has 5 nitrogen and oxygen atoms in total. The van der Waals surface area contributed by atoms with Gasteiger partial charge in [0, 0.05) is 24.2 Å². The van der Waals surface area contributed by atoms with Crippen molar-refractivity contribution in [2.24, 2.45) is 0 Å². The third-order valence-corrected chi connectivity index (χ3v) is 6.54. The van der Waals surface area contributed by atoms with Gasteiger partial charge in [-0.25, -0.2) is 0 Å². The molecule has 2 aliphatic heterocycles. The molecule has 0 aliphatic carbocycles. The Labute approximate surface area is 202 Å². The van der Waals surface area contributed by atoms with E-state index >= 15 is 0 Å². The molecule has 0 bridgehead atoms. The highest BCUT2D eigenvalue weighted by Crippen LogP contribution is 2.43. The highest BCUT2D eigenvalue weighted by atomic mass is 35.5. The quantitative estimate of drug-likeness (QED) is 0.410. The minimum atomic E-state index is -0.131. The number of benzene rings is 3. The Balaban J connectivity index is 1.39. The average molecular weight is 482 g/mol. The molecule has 0 fully saturated rings. The van der Waals surface area contributed by atoms with E-state index in [0.717, 1.165) is 33.8 Å². The van der Waals surface area contributed by atoms with Crippen molar-refractivity contribution in [1.29, 1.82) is 0 Å². The molecule has 5 rings (SSSR count). The molecule has 3 aromatic carbocycles. The van der Waals surface area contributed by atoms with E-state index in [1.54, 1.807) is 19.3 Å². The van der Waals surface area contributed by atoms with E-state index in [1.807, 2.05) is 49.4 Å². The standard InChI is InChI=1S/C26H21Cl2NO4/c1-15-25-18(13-29(14-32-25)12-17-5-8-21(27)22(28)9-17)11-20-24(30)23(33-26(15)20)10-16-3-6-19(31-2)7-4-16/h3-11H,12-14H2,1-2H3/b23-10-. The Morgan fingerprint density at radius 3 is 2.58 bits per heavy atom. The topological polar surface area (TPSA) is 48.0 Å². The van der Waals surface area contributed by atoms with Crippen molar-refractivity contribution in [3.05, 3.63) is 92.2 Å². The first-order chi connectivity index (χ1) is 15.9. The lowest BCUT2D eigenvalue weighted by Crippen LogP contribution is -2.32. The number of Topliss-reactive ketones (excluding diaryl/α,β-unsaturated/α-hetero) is 1. The molecule has 33 heavy (non-hydrogen) atoms. The first-order valence-corrected chi connectivity index (χ1v) is 11.2. The van der Waals surface area contributed by atoms with Gasteiger partial charge in [-0.1, -0.05) is 41.4 Å². The fourth-order valence-corrected chi connectivity index (χ4v) is 4.47. The molecule has 2 aliphatic rings. The molecule has 168 valence electrons. The van der Waals surface area contributed by atoms with Gasteiger partial charge in [0.05, 0.1) is 22.7 Å². The second kappa shape index (κ2) is 8.75. The van der Waals surface area contributed by atoms with Crippen molar-refractivity contribution in [2.75, 3.05) is 13.8 Å². The number of methoxy groups -OCH3 is 1. The Morgan fingerprint density at radius 2 is 1.85 bits per heavy atom. The van der Waals surface area contributed by atoms with E-state index in [1.165, 1.54) is 0 Å². The second-order valence-electron chi connectivity index (χ2n) is 8.09. The Hall–Kier alpha value is -2.99. The van der Waals surface area contributed by atoms with Crippen LogP contribution in [0.15, 0.2) is 54.3 Å². The van der Waals surface area contributed by atoms with Crippen LogP contribution in [-0.4, -0.2) is 24.5 Å². The number of carbonyl (C=O) groups excluding carboxylic acids is 1. The third-order valence-electron chi connectivity index (χ3n) is 5.81. The molecular weight excluding hydrogens is 461 g/mol. The maximum absolute atomic E-state index is 13.1. The van der Waals surface area contributed by atoms with Crippen molar-refractivity contribution in [1.82, 2.24) is 4.90 Å². The maximum atomic E-state index is 13.1. The van der Waals surface area contributed by atoms with Crippen LogP contribution in [0.4, 0.5) is 0 Å². The summed E-state index contributed by atoms with van der Waals surface area (Å²) in [6, 6.07) is 14.9. The van der Waals surface area contributed by atoms with Crippen molar-refractivity contribution in [3.8, 4) is 17.2 Å². The van der Waals surface area contributed by atoms with Crippen molar-refractivity contribution in [3.63, 3.8) is 0 Å². The van der Waals surface area contributed by atoms with Gasteiger partial charge >= 0.3 is 0 Å². The van der Waals surface area contributed by atoms with E-state index in [9.17, 15) is 4.79 Å². The van der Waals surface area contributed by atoms with Gasteiger partial charge in [-0.2, -0.15) is 0 Å². The van der Waals surface area contributed by atoms with E-state index in [0.29, 0.717) is 46.9 Å². The molecule has 0 saturated heterocycles. The zero-order valence-corrected chi connectivity index (χ0v) is 19.7. The van der Waals surface area contributed by atoms with Crippen LogP contribution in [-0.2, 0) is 13.1 Å². The molecule has 7 heteroatoms. The van der Waals surface area contributed by atoms with Gasteiger partial charge in [0.25, 0.3) is 0 Å². The van der Waals surface area contributed by atoms with E-state index in [2.05, 4.69) is 4.90 Å². The van der Waals surface area contributed by atoms with Crippen LogP contribution >= 0.6 is 23.2 Å². The summed E-state index contributed by atoms with van der Waals surface area (Å²) < 4.78 is 17.2. The predicted octanol–water partition coefficient (Wildman–Crippen LogP) is 6.28. The lowest BCUT2D eigenvalue weighted by Gasteiger charge is -2.30. The molecule has 0 amide bonds. The number of fused-ring (bicyclic) bond motifs is 2. The molecule has 0 N–H and O–H groups in total. The lowest BCUT2D eigenvalue weighted by atomic mass is 10.00. The summed E-state index contributed by atoms with van der Waals surface area (Å²) in [6.07, 6.45) is 1.75. The van der Waals surface area contributed by atoms with Gasteiger partial charge in [0.2, 0.25) is 5.78 Å². The summed E-state index contributed by atoms with van der Waals surface area (Å²) in [7, 11) is 1.62. The minimum Gasteiger partial charge on any atom is -0.497 e. The zero-order chi connectivity index (χ0) is 23.1. The van der Waals surface area contributed by atoms with Crippen LogP contribution in [0, 0.1) is 6.92 Å². The largest absolute Gasteiger partial charge is 0.497 e. The SMILES string of the molecule is COc1ccc(/C=C2\Oc3c(cc4c(c3C)OCN(Cc3ccc(Cl)c(Cl)c3)C4)C2=O)cc1. The Kier molecular flexibility index (Phi) is 5.79. The molecular formula is C26H21Cl2NO4. The summed E-state index contributed by atoms with van der Waals surface area (Å²) in [4.78, 5) is 15.2. The van der Waals surface area contributed by atoms with Crippen LogP contribution in [0.3, 0.4) is 0 Å². The maximum Gasteiger partial charge on any atom is 0.231 e. The highest BCUT2D eigenvalue weighted by Gasteiger charge is 2.33. The fourth-order valence-electron chi connectivity index (χ4n) is 4.15. The molecule has 2 heterocycles. The number of hydrogen-bond donors (Lipinski definition) is 0. The first kappa shape index (κ1) is 21.8. The van der Waals surface area contributed by atoms with E-state index < -0.39 is 0 Å². The lowest BCUT2D eigenvalue weighted by molar-refractivity contribution is 0.0876. The highest BCUT2D eigenvalue weighted by molar-refractivity contribution is 6.42. The molecule has 0 unspecified atom stereocenters. The molecule has 0 saturated carbocycles. The van der Waals surface area contributed by atoms with Crippen LogP contribution < -0.4 is 14.2 Å². The molecule has 3 aromatic rings. The van der Waals surface area contributed by atoms with Crippen LogP contribution in [0.5, 0.6) is 17.2 Å². The van der Waals surface area contributed by atoms with Gasteiger partial charge in [-0.15, -0.1) is 0 Å². The summed E-state index contributed by atoms with van der Waals surface area (Å²) in [5, 5.41) is 1.06. The second-order valence-corrected chi connectivity index (χ2v) is 8.90. The summed E-state index contributed by atoms with van der Waals surface area (Å²) >= 11 is 12.2. The average Bonchev–Trinajstić information content (AvgIpc) is 3.12. The van der Waals surface area contributed by atoms with Gasteiger partial charge in [0.15, 0.2) is 5.76 Å². The van der Waals surface area contributed by atoms with E-state index in [4.69, 9.17) is 37.4 Å². The predicted molar refractivity (Wildman–Crippen MR) is 128 cm³/mol. The van der Waals surface area contributed by atoms with Gasteiger partial charge in [0.1, 0.15) is 24.0 Å². The number of allylic oxidation sites excluding steroid dienone is 1. The molecule has 0 aromatic heterocycles. The summed E-state index contributed by atoms with van der Waals surface area (Å²) in [6.45, 7) is 3.65. The Bertz CT molecular complexity index is 1280. The first-order valence-electron chi connectivity index (χ1n) is 10.5. The van der Waals surface area contributed by atoms with Gasteiger partial charge in [-0.05, 0) is 54.5 Å². The minimum absolute atomic E-state index is 0.131. The molecule has 0 radical (unpaired) electrons.